The van der Waals surface area contributed by atoms with E-state index in [1.54, 1.807) is 0 Å². The molecule has 1 saturated carbocycles. The average Bonchev–Trinajstić information content (AvgIpc) is 2.92. The molecule has 3 N–H and O–H groups in total. The highest BCUT2D eigenvalue weighted by atomic mass is 35.5. The zero-order chi connectivity index (χ0) is 14.0. The first-order chi connectivity index (χ1) is 9.73. The molecule has 116 valence electrons. The summed E-state index contributed by atoms with van der Waals surface area (Å²) >= 11 is 0. The molecule has 4 nitrogen and oxygen atoms in total. The minimum Gasteiger partial charge on any atom is -0.364 e. The van der Waals surface area contributed by atoms with Crippen LogP contribution in [0.5, 0.6) is 0 Å². The molecule has 0 aromatic heterocycles. The number of carbonyl (C=O) groups is 1. The molecular formula is C16H23ClN2O2. The van der Waals surface area contributed by atoms with Gasteiger partial charge in [0.1, 0.15) is 6.10 Å². The smallest absolute Gasteiger partial charge is 0.249 e. The van der Waals surface area contributed by atoms with Crippen LogP contribution in [0.15, 0.2) is 30.3 Å². The maximum atomic E-state index is 12.4. The van der Waals surface area contributed by atoms with Gasteiger partial charge in [-0.3, -0.25) is 4.79 Å². The van der Waals surface area contributed by atoms with Crippen LogP contribution in [-0.2, 0) is 15.1 Å². The molecule has 0 spiro atoms. The lowest BCUT2D eigenvalue weighted by Gasteiger charge is -2.43. The third-order valence-electron chi connectivity index (χ3n) is 4.56. The van der Waals surface area contributed by atoms with Crippen LogP contribution in [0.4, 0.5) is 0 Å². The Balaban J connectivity index is 0.00000161. The summed E-state index contributed by atoms with van der Waals surface area (Å²) < 4.78 is 5.69. The number of rotatable bonds is 4. The summed E-state index contributed by atoms with van der Waals surface area (Å²) in [7, 11) is 0. The number of nitrogens with two attached hydrogens (primary N) is 1. The van der Waals surface area contributed by atoms with Crippen molar-refractivity contribution in [3.05, 3.63) is 35.9 Å². The first-order valence-electron chi connectivity index (χ1n) is 7.46. The topological polar surface area (TPSA) is 64.4 Å². The number of benzene rings is 1. The predicted molar refractivity (Wildman–Crippen MR) is 84.3 cm³/mol. The Bertz CT molecular complexity index is 476. The highest BCUT2D eigenvalue weighted by Gasteiger charge is 2.42. The number of nitrogens with one attached hydrogen (secondary N) is 1. The number of hydrogen-bond donors (Lipinski definition) is 2. The lowest BCUT2D eigenvalue weighted by Crippen LogP contribution is -2.53. The van der Waals surface area contributed by atoms with Crippen LogP contribution < -0.4 is 11.1 Å². The molecule has 1 heterocycles. The van der Waals surface area contributed by atoms with Gasteiger partial charge in [0, 0.05) is 6.54 Å². The van der Waals surface area contributed by atoms with Crippen LogP contribution in [0, 0.1) is 0 Å². The minimum absolute atomic E-state index is 0. The number of ether oxygens (including phenoxy) is 1. The lowest BCUT2D eigenvalue weighted by atomic mass is 9.71. The van der Waals surface area contributed by atoms with Crippen LogP contribution in [0.1, 0.15) is 37.7 Å². The van der Waals surface area contributed by atoms with Crippen molar-refractivity contribution in [3.63, 3.8) is 0 Å². The Kier molecular flexibility index (Phi) is 5.25. The number of amides is 1. The van der Waals surface area contributed by atoms with Crippen LogP contribution in [0.3, 0.4) is 0 Å². The van der Waals surface area contributed by atoms with Gasteiger partial charge in [-0.1, -0.05) is 30.3 Å². The van der Waals surface area contributed by atoms with E-state index in [2.05, 4.69) is 17.4 Å². The second-order valence-corrected chi connectivity index (χ2v) is 5.85. The Labute approximate surface area is 131 Å². The highest BCUT2D eigenvalue weighted by Crippen LogP contribution is 2.41. The number of hydrogen-bond acceptors (Lipinski definition) is 3. The first-order valence-corrected chi connectivity index (χ1v) is 7.46. The molecule has 0 unspecified atom stereocenters. The van der Waals surface area contributed by atoms with Gasteiger partial charge in [0.05, 0.1) is 11.6 Å². The van der Waals surface area contributed by atoms with Gasteiger partial charge in [-0.2, -0.15) is 0 Å². The van der Waals surface area contributed by atoms with E-state index in [9.17, 15) is 4.79 Å². The molecule has 21 heavy (non-hydrogen) atoms. The monoisotopic (exact) mass is 310 g/mol. The molecule has 5 heteroatoms. The van der Waals surface area contributed by atoms with E-state index in [1.807, 2.05) is 18.2 Å². The van der Waals surface area contributed by atoms with Crippen LogP contribution >= 0.6 is 12.4 Å². The van der Waals surface area contributed by atoms with Crippen molar-refractivity contribution in [2.45, 2.75) is 49.9 Å². The Hall–Kier alpha value is -1.10. The van der Waals surface area contributed by atoms with E-state index in [4.69, 9.17) is 10.5 Å². The average molecular weight is 311 g/mol. The van der Waals surface area contributed by atoms with Gasteiger partial charge in [-0.15, -0.1) is 12.4 Å². The Morgan fingerprint density at radius 2 is 2.00 bits per heavy atom. The van der Waals surface area contributed by atoms with Crippen molar-refractivity contribution in [3.8, 4) is 0 Å². The molecule has 1 aliphatic carbocycles. The molecule has 1 aliphatic heterocycles. The van der Waals surface area contributed by atoms with E-state index in [0.29, 0.717) is 6.54 Å². The maximum absolute atomic E-state index is 12.4. The predicted octanol–water partition coefficient (Wildman–Crippen LogP) is 2.11. The quantitative estimate of drug-likeness (QED) is 0.895. The van der Waals surface area contributed by atoms with Crippen molar-refractivity contribution in [1.29, 1.82) is 0 Å². The van der Waals surface area contributed by atoms with Crippen molar-refractivity contribution >= 4 is 18.3 Å². The summed E-state index contributed by atoms with van der Waals surface area (Å²) in [4.78, 5) is 12.4. The molecule has 3 rings (SSSR count). The summed E-state index contributed by atoms with van der Waals surface area (Å²) in [5, 5.41) is 3.23. The summed E-state index contributed by atoms with van der Waals surface area (Å²) in [6.45, 7) is 0.494. The Morgan fingerprint density at radius 3 is 2.52 bits per heavy atom. The van der Waals surface area contributed by atoms with Gasteiger partial charge in [0.25, 0.3) is 0 Å². The molecule has 2 fully saturated rings. The molecule has 2 atom stereocenters. The summed E-state index contributed by atoms with van der Waals surface area (Å²) in [6, 6.07) is 10.2. The lowest BCUT2D eigenvalue weighted by molar-refractivity contribution is -0.135. The fraction of sp³-hybridized carbons (Fsp3) is 0.562. The van der Waals surface area contributed by atoms with Gasteiger partial charge in [0.15, 0.2) is 0 Å². The zero-order valence-electron chi connectivity index (χ0n) is 12.1. The largest absolute Gasteiger partial charge is 0.364 e. The zero-order valence-corrected chi connectivity index (χ0v) is 12.9. The van der Waals surface area contributed by atoms with Gasteiger partial charge in [0.2, 0.25) is 5.91 Å². The molecule has 1 aromatic carbocycles. The van der Waals surface area contributed by atoms with Gasteiger partial charge >= 0.3 is 0 Å². The van der Waals surface area contributed by atoms with E-state index in [0.717, 1.165) is 32.1 Å². The van der Waals surface area contributed by atoms with Crippen LogP contribution in [0.25, 0.3) is 0 Å². The van der Waals surface area contributed by atoms with Crippen molar-refractivity contribution in [2.75, 3.05) is 6.54 Å². The molecule has 1 amide bonds. The van der Waals surface area contributed by atoms with Crippen molar-refractivity contribution in [2.24, 2.45) is 5.73 Å². The Morgan fingerprint density at radius 1 is 1.29 bits per heavy atom. The van der Waals surface area contributed by atoms with E-state index >= 15 is 0 Å². The molecule has 1 saturated heterocycles. The van der Waals surface area contributed by atoms with Crippen molar-refractivity contribution < 1.29 is 9.53 Å². The molecule has 0 radical (unpaired) electrons. The summed E-state index contributed by atoms with van der Waals surface area (Å²) in [5.74, 6) is 0.0181. The van der Waals surface area contributed by atoms with E-state index < -0.39 is 0 Å². The van der Waals surface area contributed by atoms with Crippen molar-refractivity contribution in [1.82, 2.24) is 5.32 Å². The third-order valence-corrected chi connectivity index (χ3v) is 4.56. The van der Waals surface area contributed by atoms with E-state index in [1.165, 1.54) is 5.56 Å². The standard InChI is InChI=1S/C16H22N2O2.ClH/c17-11-13-7-8-14(20-13)15(19)18-16(9-4-10-16)12-5-2-1-3-6-12;/h1-3,5-6,13-14H,4,7-11,17H2,(H,18,19);1H/t13-,14+;/m1./s1. The number of halogens is 1. The third kappa shape index (κ3) is 3.23. The number of carbonyl (C=O) groups excluding carboxylic acids is 1. The SMILES string of the molecule is Cl.NC[C@H]1CC[C@@H](C(=O)NC2(c3ccccc3)CCC2)O1. The second kappa shape index (κ2) is 6.77. The maximum Gasteiger partial charge on any atom is 0.249 e. The van der Waals surface area contributed by atoms with E-state index in [-0.39, 0.29) is 36.1 Å². The van der Waals surface area contributed by atoms with Gasteiger partial charge < -0.3 is 15.8 Å². The van der Waals surface area contributed by atoms with Gasteiger partial charge in [-0.25, -0.2) is 0 Å². The normalized spacial score (nSPS) is 26.5. The van der Waals surface area contributed by atoms with Gasteiger partial charge in [-0.05, 0) is 37.7 Å². The van der Waals surface area contributed by atoms with Crippen LogP contribution in [-0.4, -0.2) is 24.7 Å². The molecule has 0 bridgehead atoms. The minimum atomic E-state index is -0.329. The van der Waals surface area contributed by atoms with Crippen LogP contribution in [0.2, 0.25) is 0 Å². The molecular weight excluding hydrogens is 288 g/mol. The highest BCUT2D eigenvalue weighted by molar-refractivity contribution is 5.85. The fourth-order valence-electron chi connectivity index (χ4n) is 3.16. The summed E-state index contributed by atoms with van der Waals surface area (Å²) in [6.07, 6.45) is 4.55. The summed E-state index contributed by atoms with van der Waals surface area (Å²) in [5.41, 5.74) is 6.62. The molecule has 2 aliphatic rings. The first kappa shape index (κ1) is 16.3. The molecule has 1 aromatic rings. The fourth-order valence-corrected chi connectivity index (χ4v) is 3.16. The second-order valence-electron chi connectivity index (χ2n) is 5.85.